The number of hydrogen-bond acceptors (Lipinski definition) is 7. The minimum atomic E-state index is -0.561. The van der Waals surface area contributed by atoms with E-state index in [0.717, 1.165) is 0 Å². The van der Waals surface area contributed by atoms with Gasteiger partial charge in [-0.15, -0.1) is 0 Å². The zero-order valence-electron chi connectivity index (χ0n) is 12.9. The number of nitrogens with one attached hydrogen (secondary N) is 1. The standard InChI is InChI=1S/C14H21NO6/c1-15-10(14(16)20-5)8-21-9-6-11(17-2)13(19-4)12(7-9)18-3/h6-7,10,15H,8H2,1-5H3. The third-order valence-corrected chi connectivity index (χ3v) is 2.89. The Morgan fingerprint density at radius 2 is 1.67 bits per heavy atom. The van der Waals surface area contributed by atoms with Gasteiger partial charge in [0, 0.05) is 12.1 Å². The number of benzene rings is 1. The Morgan fingerprint density at radius 3 is 2.05 bits per heavy atom. The van der Waals surface area contributed by atoms with E-state index in [1.807, 2.05) is 0 Å². The monoisotopic (exact) mass is 299 g/mol. The summed E-state index contributed by atoms with van der Waals surface area (Å²) in [4.78, 5) is 11.5. The SMILES string of the molecule is CNC(COc1cc(OC)c(OC)c(OC)c1)C(=O)OC. The molecule has 21 heavy (non-hydrogen) atoms. The highest BCUT2D eigenvalue weighted by Gasteiger charge is 2.19. The minimum Gasteiger partial charge on any atom is -0.493 e. The third kappa shape index (κ3) is 4.16. The Bertz CT molecular complexity index is 452. The fourth-order valence-electron chi connectivity index (χ4n) is 1.73. The first kappa shape index (κ1) is 16.9. The predicted octanol–water partition coefficient (Wildman–Crippen LogP) is 0.852. The van der Waals surface area contributed by atoms with Crippen LogP contribution in [0.2, 0.25) is 0 Å². The molecular weight excluding hydrogens is 278 g/mol. The van der Waals surface area contributed by atoms with Crippen molar-refractivity contribution in [1.29, 1.82) is 0 Å². The Labute approximate surface area is 124 Å². The summed E-state index contributed by atoms with van der Waals surface area (Å²) in [5.41, 5.74) is 0. The maximum atomic E-state index is 11.5. The van der Waals surface area contributed by atoms with Crippen LogP contribution in [0.15, 0.2) is 12.1 Å². The van der Waals surface area contributed by atoms with Crippen molar-refractivity contribution >= 4 is 5.97 Å². The van der Waals surface area contributed by atoms with Gasteiger partial charge in [0.1, 0.15) is 18.4 Å². The fourth-order valence-corrected chi connectivity index (χ4v) is 1.73. The maximum absolute atomic E-state index is 11.5. The summed E-state index contributed by atoms with van der Waals surface area (Å²) < 4.78 is 25.9. The van der Waals surface area contributed by atoms with E-state index in [4.69, 9.17) is 18.9 Å². The number of carbonyl (C=O) groups is 1. The molecule has 1 unspecified atom stereocenters. The molecule has 0 aromatic heterocycles. The van der Waals surface area contributed by atoms with Gasteiger partial charge in [-0.2, -0.15) is 0 Å². The highest BCUT2D eigenvalue weighted by molar-refractivity contribution is 5.75. The van der Waals surface area contributed by atoms with Gasteiger partial charge in [-0.05, 0) is 7.05 Å². The summed E-state index contributed by atoms with van der Waals surface area (Å²) in [6.45, 7) is 0.113. The number of hydrogen-bond donors (Lipinski definition) is 1. The molecule has 0 saturated carbocycles. The molecule has 0 heterocycles. The highest BCUT2D eigenvalue weighted by atomic mass is 16.5. The summed E-state index contributed by atoms with van der Waals surface area (Å²) in [7, 11) is 7.54. The van der Waals surface area contributed by atoms with Crippen LogP contribution < -0.4 is 24.3 Å². The Hall–Kier alpha value is -2.15. The lowest BCUT2D eigenvalue weighted by Crippen LogP contribution is -2.40. The molecule has 1 atom stereocenters. The van der Waals surface area contributed by atoms with E-state index in [0.29, 0.717) is 23.0 Å². The van der Waals surface area contributed by atoms with Crippen LogP contribution in [0.25, 0.3) is 0 Å². The Kier molecular flexibility index (Phi) is 6.61. The van der Waals surface area contributed by atoms with Crippen LogP contribution in [0.4, 0.5) is 0 Å². The molecule has 0 aliphatic heterocycles. The number of ether oxygens (including phenoxy) is 5. The van der Waals surface area contributed by atoms with Gasteiger partial charge in [0.05, 0.1) is 28.4 Å². The smallest absolute Gasteiger partial charge is 0.326 e. The number of esters is 1. The second-order valence-corrected chi connectivity index (χ2v) is 4.04. The summed E-state index contributed by atoms with van der Waals surface area (Å²) >= 11 is 0. The number of carbonyl (C=O) groups excluding carboxylic acids is 1. The van der Waals surface area contributed by atoms with Gasteiger partial charge in [-0.3, -0.25) is 4.79 Å². The van der Waals surface area contributed by atoms with Crippen LogP contribution in [0, 0.1) is 0 Å². The van der Waals surface area contributed by atoms with Crippen molar-refractivity contribution in [2.24, 2.45) is 0 Å². The van der Waals surface area contributed by atoms with Gasteiger partial charge < -0.3 is 29.0 Å². The maximum Gasteiger partial charge on any atom is 0.326 e. The van der Waals surface area contributed by atoms with E-state index in [1.54, 1.807) is 19.2 Å². The van der Waals surface area contributed by atoms with E-state index in [1.165, 1.54) is 28.4 Å². The van der Waals surface area contributed by atoms with Crippen molar-refractivity contribution in [1.82, 2.24) is 5.32 Å². The number of rotatable bonds is 8. The number of methoxy groups -OCH3 is 4. The summed E-state index contributed by atoms with van der Waals surface area (Å²) in [6, 6.07) is 2.76. The average Bonchev–Trinajstić information content (AvgIpc) is 2.53. The zero-order chi connectivity index (χ0) is 15.8. The third-order valence-electron chi connectivity index (χ3n) is 2.89. The van der Waals surface area contributed by atoms with Crippen molar-refractivity contribution in [3.8, 4) is 23.0 Å². The van der Waals surface area contributed by atoms with Gasteiger partial charge in [-0.25, -0.2) is 0 Å². The lowest BCUT2D eigenvalue weighted by Gasteiger charge is -2.17. The molecule has 1 N–H and O–H groups in total. The summed E-state index contributed by atoms with van der Waals surface area (Å²) in [5.74, 6) is 1.53. The molecule has 1 aromatic rings. The van der Waals surface area contributed by atoms with Crippen LogP contribution in [0.5, 0.6) is 23.0 Å². The van der Waals surface area contributed by atoms with Crippen molar-refractivity contribution in [3.05, 3.63) is 12.1 Å². The van der Waals surface area contributed by atoms with Crippen LogP contribution in [-0.4, -0.2) is 54.1 Å². The van der Waals surface area contributed by atoms with Gasteiger partial charge in [0.15, 0.2) is 11.5 Å². The second kappa shape index (κ2) is 8.21. The molecule has 0 bridgehead atoms. The van der Waals surface area contributed by atoms with E-state index in [2.05, 4.69) is 10.1 Å². The lowest BCUT2D eigenvalue weighted by molar-refractivity contribution is -0.143. The average molecular weight is 299 g/mol. The molecule has 0 spiro atoms. The molecule has 118 valence electrons. The second-order valence-electron chi connectivity index (χ2n) is 4.04. The molecule has 0 aliphatic rings. The molecular formula is C14H21NO6. The van der Waals surface area contributed by atoms with Crippen LogP contribution in [0.1, 0.15) is 0 Å². The van der Waals surface area contributed by atoms with Gasteiger partial charge in [0.25, 0.3) is 0 Å². The molecule has 1 rings (SSSR count). The van der Waals surface area contributed by atoms with Crippen molar-refractivity contribution in [2.45, 2.75) is 6.04 Å². The van der Waals surface area contributed by atoms with E-state index >= 15 is 0 Å². The molecule has 0 aliphatic carbocycles. The van der Waals surface area contributed by atoms with Crippen molar-refractivity contribution < 1.29 is 28.5 Å². The molecule has 7 nitrogen and oxygen atoms in total. The summed E-state index contributed by atoms with van der Waals surface area (Å²) in [6.07, 6.45) is 0. The Balaban J connectivity index is 2.91. The van der Waals surface area contributed by atoms with E-state index in [9.17, 15) is 4.79 Å². The normalized spacial score (nSPS) is 11.5. The predicted molar refractivity (Wildman–Crippen MR) is 76.5 cm³/mol. The van der Waals surface area contributed by atoms with E-state index < -0.39 is 12.0 Å². The first-order valence-corrected chi connectivity index (χ1v) is 6.29. The zero-order valence-corrected chi connectivity index (χ0v) is 12.9. The largest absolute Gasteiger partial charge is 0.493 e. The first-order chi connectivity index (χ1) is 10.1. The minimum absolute atomic E-state index is 0.113. The van der Waals surface area contributed by atoms with Crippen LogP contribution in [0.3, 0.4) is 0 Å². The topological polar surface area (TPSA) is 75.3 Å². The molecule has 0 saturated heterocycles. The van der Waals surface area contributed by atoms with Gasteiger partial charge in [-0.1, -0.05) is 0 Å². The molecule has 0 fully saturated rings. The van der Waals surface area contributed by atoms with Gasteiger partial charge in [0.2, 0.25) is 5.75 Å². The first-order valence-electron chi connectivity index (χ1n) is 6.29. The number of likely N-dealkylation sites (N-methyl/N-ethyl adjacent to an activating group) is 1. The molecule has 7 heteroatoms. The van der Waals surface area contributed by atoms with Crippen LogP contribution in [-0.2, 0) is 9.53 Å². The highest BCUT2D eigenvalue weighted by Crippen LogP contribution is 2.40. The Morgan fingerprint density at radius 1 is 1.10 bits per heavy atom. The van der Waals surface area contributed by atoms with Crippen molar-refractivity contribution in [2.75, 3.05) is 42.1 Å². The summed E-state index contributed by atoms with van der Waals surface area (Å²) in [5, 5.41) is 2.82. The molecule has 1 aromatic carbocycles. The molecule has 0 radical (unpaired) electrons. The quantitative estimate of drug-likeness (QED) is 0.713. The van der Waals surface area contributed by atoms with E-state index in [-0.39, 0.29) is 6.61 Å². The fraction of sp³-hybridized carbons (Fsp3) is 0.500. The molecule has 0 amide bonds. The van der Waals surface area contributed by atoms with Gasteiger partial charge >= 0.3 is 5.97 Å². The lowest BCUT2D eigenvalue weighted by atomic mass is 10.2. The van der Waals surface area contributed by atoms with Crippen LogP contribution >= 0.6 is 0 Å². The van der Waals surface area contributed by atoms with Crippen molar-refractivity contribution in [3.63, 3.8) is 0 Å².